The first-order valence-electron chi connectivity index (χ1n) is 3.59. The number of methoxy groups -OCH3 is 1. The first-order valence-corrected chi connectivity index (χ1v) is 3.59. The van der Waals surface area contributed by atoms with Gasteiger partial charge in [0.1, 0.15) is 0 Å². The predicted molar refractivity (Wildman–Crippen MR) is 39.9 cm³/mol. The molecule has 1 atom stereocenters. The van der Waals surface area contributed by atoms with Crippen molar-refractivity contribution in [2.24, 2.45) is 0 Å². The molecule has 0 heterocycles. The molecule has 10 heavy (non-hydrogen) atoms. The lowest BCUT2D eigenvalue weighted by molar-refractivity contribution is 0.172. The molecule has 0 aliphatic heterocycles. The maximum Gasteiger partial charge on any atom is 0.0906 e. The van der Waals surface area contributed by atoms with Crippen LogP contribution in [0.4, 0.5) is 4.39 Å². The lowest BCUT2D eigenvalue weighted by Crippen LogP contribution is -2.31. The molecule has 0 radical (unpaired) electrons. The summed E-state index contributed by atoms with van der Waals surface area (Å²) >= 11 is 0. The monoisotopic (exact) mass is 149 g/mol. The van der Waals surface area contributed by atoms with Crippen molar-refractivity contribution >= 4 is 0 Å². The Balaban J connectivity index is 2.97. The number of ether oxygens (including phenoxy) is 1. The fourth-order valence-corrected chi connectivity index (χ4v) is 0.724. The minimum atomic E-state index is -0.243. The van der Waals surface area contributed by atoms with Crippen LogP contribution in [0.5, 0.6) is 0 Å². The summed E-state index contributed by atoms with van der Waals surface area (Å²) in [5.74, 6) is 0. The summed E-state index contributed by atoms with van der Waals surface area (Å²) in [7, 11) is 1.66. The van der Waals surface area contributed by atoms with E-state index in [9.17, 15) is 4.39 Å². The molecule has 0 aliphatic rings. The van der Waals surface area contributed by atoms with Crippen molar-refractivity contribution in [3.63, 3.8) is 0 Å². The van der Waals surface area contributed by atoms with Gasteiger partial charge in [-0.1, -0.05) is 0 Å². The van der Waals surface area contributed by atoms with Crippen LogP contribution in [-0.4, -0.2) is 33.0 Å². The van der Waals surface area contributed by atoms with E-state index < -0.39 is 0 Å². The van der Waals surface area contributed by atoms with Gasteiger partial charge in [0.05, 0.1) is 13.3 Å². The quantitative estimate of drug-likeness (QED) is 0.568. The van der Waals surface area contributed by atoms with Crippen molar-refractivity contribution in [1.29, 1.82) is 0 Å². The Bertz CT molecular complexity index is 70.6. The van der Waals surface area contributed by atoms with Crippen LogP contribution >= 0.6 is 0 Å². The van der Waals surface area contributed by atoms with Gasteiger partial charge in [0.25, 0.3) is 0 Å². The molecule has 3 heteroatoms. The molecule has 62 valence electrons. The van der Waals surface area contributed by atoms with Gasteiger partial charge in [-0.25, -0.2) is 0 Å². The number of alkyl halides is 1. The van der Waals surface area contributed by atoms with Crippen LogP contribution < -0.4 is 5.32 Å². The van der Waals surface area contributed by atoms with E-state index in [0.29, 0.717) is 19.1 Å². The minimum Gasteiger partial charge on any atom is -0.383 e. The Morgan fingerprint density at radius 3 is 2.80 bits per heavy atom. The SMILES string of the molecule is COCC(C)NCCCF. The van der Waals surface area contributed by atoms with Gasteiger partial charge in [0.2, 0.25) is 0 Å². The third-order valence-corrected chi connectivity index (χ3v) is 1.22. The second-order valence-corrected chi connectivity index (χ2v) is 2.35. The van der Waals surface area contributed by atoms with E-state index in [1.165, 1.54) is 0 Å². The molecule has 0 bridgehead atoms. The van der Waals surface area contributed by atoms with Crippen molar-refractivity contribution in [1.82, 2.24) is 5.32 Å². The molecule has 0 aromatic carbocycles. The average Bonchev–Trinajstić information content (AvgIpc) is 1.89. The van der Waals surface area contributed by atoms with E-state index in [4.69, 9.17) is 4.74 Å². The Labute approximate surface area is 61.8 Å². The van der Waals surface area contributed by atoms with Gasteiger partial charge in [-0.3, -0.25) is 4.39 Å². The Hall–Kier alpha value is -0.150. The number of rotatable bonds is 6. The van der Waals surface area contributed by atoms with Crippen LogP contribution in [0.3, 0.4) is 0 Å². The maximum atomic E-state index is 11.6. The predicted octanol–water partition coefficient (Wildman–Crippen LogP) is 0.970. The lowest BCUT2D eigenvalue weighted by atomic mass is 10.3. The highest BCUT2D eigenvalue weighted by Gasteiger charge is 1.97. The average molecular weight is 149 g/mol. The van der Waals surface area contributed by atoms with Crippen LogP contribution in [0.2, 0.25) is 0 Å². The second-order valence-electron chi connectivity index (χ2n) is 2.35. The van der Waals surface area contributed by atoms with Gasteiger partial charge in [-0.2, -0.15) is 0 Å². The van der Waals surface area contributed by atoms with Crippen molar-refractivity contribution in [3.8, 4) is 0 Å². The zero-order chi connectivity index (χ0) is 7.82. The molecule has 1 N–H and O–H groups in total. The molecule has 0 spiro atoms. The van der Waals surface area contributed by atoms with Crippen molar-refractivity contribution in [3.05, 3.63) is 0 Å². The summed E-state index contributed by atoms with van der Waals surface area (Å²) in [4.78, 5) is 0. The molecule has 0 aromatic rings. The molecule has 1 unspecified atom stereocenters. The highest BCUT2D eigenvalue weighted by molar-refractivity contribution is 4.57. The number of nitrogens with one attached hydrogen (secondary N) is 1. The third kappa shape index (κ3) is 5.98. The molecule has 0 saturated heterocycles. The van der Waals surface area contributed by atoms with E-state index in [0.717, 1.165) is 6.54 Å². The van der Waals surface area contributed by atoms with Gasteiger partial charge in [0, 0.05) is 13.2 Å². The van der Waals surface area contributed by atoms with E-state index in [-0.39, 0.29) is 6.67 Å². The van der Waals surface area contributed by atoms with Crippen LogP contribution in [0, 0.1) is 0 Å². The molecule has 0 aliphatic carbocycles. The van der Waals surface area contributed by atoms with Gasteiger partial charge in [0.15, 0.2) is 0 Å². The van der Waals surface area contributed by atoms with Gasteiger partial charge in [-0.05, 0) is 19.9 Å². The zero-order valence-corrected chi connectivity index (χ0v) is 6.69. The minimum absolute atomic E-state index is 0.243. The first-order chi connectivity index (χ1) is 4.81. The molecular weight excluding hydrogens is 133 g/mol. The fourth-order valence-electron chi connectivity index (χ4n) is 0.724. The summed E-state index contributed by atoms with van der Waals surface area (Å²) in [6.07, 6.45) is 0.591. The van der Waals surface area contributed by atoms with E-state index in [2.05, 4.69) is 5.32 Å². The molecule has 0 rings (SSSR count). The normalized spacial score (nSPS) is 13.5. The highest BCUT2D eigenvalue weighted by atomic mass is 19.1. The highest BCUT2D eigenvalue weighted by Crippen LogP contribution is 1.83. The molecule has 0 saturated carbocycles. The van der Waals surface area contributed by atoms with Crippen molar-refractivity contribution in [2.45, 2.75) is 19.4 Å². The molecular formula is C7H16FNO. The summed E-state index contributed by atoms with van der Waals surface area (Å²) < 4.78 is 16.4. The van der Waals surface area contributed by atoms with Gasteiger partial charge < -0.3 is 10.1 Å². The molecule has 0 aromatic heterocycles. The third-order valence-electron chi connectivity index (χ3n) is 1.22. The smallest absolute Gasteiger partial charge is 0.0906 e. The van der Waals surface area contributed by atoms with Crippen LogP contribution in [0.25, 0.3) is 0 Å². The van der Waals surface area contributed by atoms with Gasteiger partial charge in [-0.15, -0.1) is 0 Å². The first kappa shape index (κ1) is 9.85. The number of hydrogen-bond acceptors (Lipinski definition) is 2. The van der Waals surface area contributed by atoms with E-state index in [1.807, 2.05) is 6.92 Å². The fraction of sp³-hybridized carbons (Fsp3) is 1.00. The van der Waals surface area contributed by atoms with Crippen LogP contribution in [-0.2, 0) is 4.74 Å². The summed E-state index contributed by atoms with van der Waals surface area (Å²) in [6.45, 7) is 3.20. The van der Waals surface area contributed by atoms with Crippen molar-refractivity contribution in [2.75, 3.05) is 26.9 Å². The largest absolute Gasteiger partial charge is 0.383 e. The summed E-state index contributed by atoms with van der Waals surface area (Å²) in [5, 5.41) is 3.12. The standard InChI is InChI=1S/C7H16FNO/c1-7(6-10-2)9-5-3-4-8/h7,9H,3-6H2,1-2H3. The maximum absolute atomic E-state index is 11.6. The molecule has 2 nitrogen and oxygen atoms in total. The van der Waals surface area contributed by atoms with Gasteiger partial charge >= 0.3 is 0 Å². The zero-order valence-electron chi connectivity index (χ0n) is 6.69. The second kappa shape index (κ2) is 6.96. The van der Waals surface area contributed by atoms with E-state index in [1.54, 1.807) is 7.11 Å². The van der Waals surface area contributed by atoms with E-state index >= 15 is 0 Å². The summed E-state index contributed by atoms with van der Waals surface area (Å²) in [5.41, 5.74) is 0. The van der Waals surface area contributed by atoms with Crippen molar-refractivity contribution < 1.29 is 9.13 Å². The van der Waals surface area contributed by atoms with Crippen LogP contribution in [0.1, 0.15) is 13.3 Å². The number of hydrogen-bond donors (Lipinski definition) is 1. The Morgan fingerprint density at radius 2 is 2.30 bits per heavy atom. The Morgan fingerprint density at radius 1 is 1.60 bits per heavy atom. The lowest BCUT2D eigenvalue weighted by Gasteiger charge is -2.10. The summed E-state index contributed by atoms with van der Waals surface area (Å²) in [6, 6.07) is 0.330. The Kier molecular flexibility index (Phi) is 6.86. The molecule has 0 amide bonds. The topological polar surface area (TPSA) is 21.3 Å². The number of halogens is 1. The van der Waals surface area contributed by atoms with Crippen LogP contribution in [0.15, 0.2) is 0 Å². The molecule has 0 fully saturated rings.